The van der Waals surface area contributed by atoms with Gasteiger partial charge in [-0.05, 0) is 32.6 Å². The Bertz CT molecular complexity index is 868. The number of nitrogens with one attached hydrogen (secondary N) is 1. The second-order valence-electron chi connectivity index (χ2n) is 9.32. The van der Waals surface area contributed by atoms with Crippen molar-refractivity contribution in [1.29, 1.82) is 0 Å². The van der Waals surface area contributed by atoms with Crippen molar-refractivity contribution >= 4 is 17.9 Å². The fraction of sp³-hybridized carbons (Fsp3) is 0.739. The predicted octanol–water partition coefficient (Wildman–Crippen LogP) is 2.38. The highest BCUT2D eigenvalue weighted by Gasteiger charge is 2.39. The zero-order chi connectivity index (χ0) is 22.7. The number of hydrogen-bond acceptors (Lipinski definition) is 5. The van der Waals surface area contributed by atoms with Crippen LogP contribution in [-0.4, -0.2) is 69.3 Å². The third-order valence-electron chi connectivity index (χ3n) is 7.10. The number of likely N-dealkylation sites (tertiary alicyclic amines) is 1. The maximum Gasteiger partial charge on any atom is 0.318 e. The molecule has 3 aliphatic rings. The molecular weight excluding hydrogens is 410 g/mol. The van der Waals surface area contributed by atoms with Crippen molar-refractivity contribution in [3.05, 3.63) is 17.0 Å². The van der Waals surface area contributed by atoms with Crippen molar-refractivity contribution < 1.29 is 19.1 Å². The Hall–Kier alpha value is -2.58. The van der Waals surface area contributed by atoms with E-state index in [1.807, 2.05) is 11.9 Å². The molecule has 3 amide bonds. The fourth-order valence-corrected chi connectivity index (χ4v) is 5.38. The number of fused-ring (bicyclic) bond motifs is 1. The molecule has 1 aromatic heterocycles. The summed E-state index contributed by atoms with van der Waals surface area (Å²) in [4.78, 5) is 42.2. The first-order valence-electron chi connectivity index (χ1n) is 12.0. The molecule has 32 heavy (non-hydrogen) atoms. The van der Waals surface area contributed by atoms with E-state index in [-0.39, 0.29) is 24.3 Å². The molecule has 2 aliphatic heterocycles. The lowest BCUT2D eigenvalue weighted by molar-refractivity contribution is -0.145. The van der Waals surface area contributed by atoms with Crippen LogP contribution in [0.4, 0.5) is 4.79 Å². The van der Waals surface area contributed by atoms with Crippen LogP contribution in [0.1, 0.15) is 80.0 Å². The number of esters is 1. The SMILES string of the molecule is CCOC(=O)CC1(NC(=O)N2CCc3c(c(C(=O)N4CCCC4)nn3C)C2)CCCCC1. The number of rotatable bonds is 5. The molecule has 3 heterocycles. The second kappa shape index (κ2) is 9.50. The third-order valence-corrected chi connectivity index (χ3v) is 7.10. The maximum absolute atomic E-state index is 13.3. The molecule has 176 valence electrons. The smallest absolute Gasteiger partial charge is 0.318 e. The van der Waals surface area contributed by atoms with E-state index < -0.39 is 5.54 Å². The molecule has 4 rings (SSSR count). The van der Waals surface area contributed by atoms with E-state index in [1.165, 1.54) is 0 Å². The Morgan fingerprint density at radius 1 is 1.03 bits per heavy atom. The van der Waals surface area contributed by atoms with Gasteiger partial charge in [0.25, 0.3) is 5.91 Å². The van der Waals surface area contributed by atoms with Gasteiger partial charge >= 0.3 is 12.0 Å². The van der Waals surface area contributed by atoms with Crippen LogP contribution in [0.5, 0.6) is 0 Å². The van der Waals surface area contributed by atoms with Gasteiger partial charge < -0.3 is 19.9 Å². The Morgan fingerprint density at radius 3 is 2.44 bits per heavy atom. The minimum absolute atomic E-state index is 0.0346. The number of carbonyl (C=O) groups is 3. The first kappa shape index (κ1) is 22.6. The van der Waals surface area contributed by atoms with E-state index in [1.54, 1.807) is 16.5 Å². The van der Waals surface area contributed by atoms with Gasteiger partial charge in [-0.1, -0.05) is 19.3 Å². The third kappa shape index (κ3) is 4.61. The summed E-state index contributed by atoms with van der Waals surface area (Å²) in [6, 6.07) is -0.176. The summed E-state index contributed by atoms with van der Waals surface area (Å²) in [5.74, 6) is -0.297. The van der Waals surface area contributed by atoms with Crippen LogP contribution in [0.2, 0.25) is 0 Å². The second-order valence-corrected chi connectivity index (χ2v) is 9.32. The minimum atomic E-state index is -0.551. The molecule has 1 aromatic rings. The lowest BCUT2D eigenvalue weighted by Gasteiger charge is -2.39. The van der Waals surface area contributed by atoms with Gasteiger partial charge in [-0.2, -0.15) is 5.10 Å². The van der Waals surface area contributed by atoms with Crippen LogP contribution in [0.3, 0.4) is 0 Å². The Morgan fingerprint density at radius 2 is 1.75 bits per heavy atom. The molecule has 0 spiro atoms. The fourth-order valence-electron chi connectivity index (χ4n) is 5.38. The minimum Gasteiger partial charge on any atom is -0.466 e. The summed E-state index contributed by atoms with van der Waals surface area (Å²) >= 11 is 0. The number of aromatic nitrogens is 2. The molecule has 9 heteroatoms. The summed E-state index contributed by atoms with van der Waals surface area (Å²) < 4.78 is 6.97. The molecule has 0 bridgehead atoms. The van der Waals surface area contributed by atoms with Crippen molar-refractivity contribution in [2.45, 2.75) is 76.8 Å². The molecule has 0 radical (unpaired) electrons. The van der Waals surface area contributed by atoms with Gasteiger partial charge in [-0.25, -0.2) is 4.79 Å². The molecule has 9 nitrogen and oxygen atoms in total. The molecular formula is C23H35N5O4. The summed E-state index contributed by atoms with van der Waals surface area (Å²) in [6.45, 7) is 4.59. The van der Waals surface area contributed by atoms with Gasteiger partial charge in [0.1, 0.15) is 0 Å². The van der Waals surface area contributed by atoms with Crippen LogP contribution in [-0.2, 0) is 29.5 Å². The van der Waals surface area contributed by atoms with Gasteiger partial charge in [-0.3, -0.25) is 14.3 Å². The molecule has 1 aliphatic carbocycles. The average Bonchev–Trinajstić information content (AvgIpc) is 3.42. The van der Waals surface area contributed by atoms with E-state index in [0.717, 1.165) is 69.3 Å². The molecule has 0 unspecified atom stereocenters. The zero-order valence-electron chi connectivity index (χ0n) is 19.3. The first-order chi connectivity index (χ1) is 15.4. The maximum atomic E-state index is 13.3. The molecule has 2 fully saturated rings. The van der Waals surface area contributed by atoms with Crippen LogP contribution < -0.4 is 5.32 Å². The van der Waals surface area contributed by atoms with E-state index in [9.17, 15) is 14.4 Å². The van der Waals surface area contributed by atoms with E-state index in [4.69, 9.17) is 4.74 Å². The monoisotopic (exact) mass is 445 g/mol. The highest BCUT2D eigenvalue weighted by Crippen LogP contribution is 2.32. The Balaban J connectivity index is 1.49. The molecule has 1 N–H and O–H groups in total. The van der Waals surface area contributed by atoms with Crippen molar-refractivity contribution in [2.24, 2.45) is 7.05 Å². The standard InChI is InChI=1S/C23H35N5O4/c1-3-32-19(29)15-23(10-5-4-6-11-23)24-22(31)28-14-9-18-17(16-28)20(25-26(18)2)21(30)27-12-7-8-13-27/h3-16H2,1-2H3,(H,24,31). The quantitative estimate of drug-likeness (QED) is 0.702. The zero-order valence-corrected chi connectivity index (χ0v) is 19.3. The van der Waals surface area contributed by atoms with Gasteiger partial charge in [0.15, 0.2) is 5.69 Å². The summed E-state index contributed by atoms with van der Waals surface area (Å²) in [5, 5.41) is 7.72. The highest BCUT2D eigenvalue weighted by atomic mass is 16.5. The first-order valence-corrected chi connectivity index (χ1v) is 12.0. The summed E-state index contributed by atoms with van der Waals surface area (Å²) in [7, 11) is 1.87. The van der Waals surface area contributed by atoms with Crippen molar-refractivity contribution in [2.75, 3.05) is 26.2 Å². The van der Waals surface area contributed by atoms with Crippen molar-refractivity contribution in [3.63, 3.8) is 0 Å². The van der Waals surface area contributed by atoms with Crippen molar-refractivity contribution in [1.82, 2.24) is 24.9 Å². The number of hydrogen-bond donors (Lipinski definition) is 1. The van der Waals surface area contributed by atoms with Crippen LogP contribution in [0.25, 0.3) is 0 Å². The number of urea groups is 1. The predicted molar refractivity (Wildman–Crippen MR) is 118 cm³/mol. The summed E-state index contributed by atoms with van der Waals surface area (Å²) in [6.07, 6.45) is 7.56. The normalized spacial score (nSPS) is 20.1. The highest BCUT2D eigenvalue weighted by molar-refractivity contribution is 5.94. The molecule has 0 aromatic carbocycles. The average molecular weight is 446 g/mol. The van der Waals surface area contributed by atoms with E-state index in [0.29, 0.717) is 31.8 Å². The van der Waals surface area contributed by atoms with Gasteiger partial charge in [0.05, 0.1) is 25.1 Å². The number of nitrogens with zero attached hydrogens (tertiary/aromatic N) is 4. The topological polar surface area (TPSA) is 96.8 Å². The lowest BCUT2D eigenvalue weighted by Crippen LogP contribution is -2.56. The summed E-state index contributed by atoms with van der Waals surface area (Å²) in [5.41, 5.74) is 1.80. The largest absolute Gasteiger partial charge is 0.466 e. The van der Waals surface area contributed by atoms with Gasteiger partial charge in [0, 0.05) is 44.4 Å². The Labute approximate surface area is 189 Å². The number of aryl methyl sites for hydroxylation is 1. The van der Waals surface area contributed by atoms with Gasteiger partial charge in [-0.15, -0.1) is 0 Å². The number of carbonyl (C=O) groups excluding carboxylic acids is 3. The van der Waals surface area contributed by atoms with Crippen molar-refractivity contribution in [3.8, 4) is 0 Å². The Kier molecular flexibility index (Phi) is 6.71. The lowest BCUT2D eigenvalue weighted by atomic mass is 9.79. The van der Waals surface area contributed by atoms with Crippen LogP contribution >= 0.6 is 0 Å². The molecule has 1 saturated heterocycles. The van der Waals surface area contributed by atoms with Crippen LogP contribution in [0, 0.1) is 0 Å². The molecule has 1 saturated carbocycles. The molecule has 0 atom stereocenters. The van der Waals surface area contributed by atoms with Crippen LogP contribution in [0.15, 0.2) is 0 Å². The van der Waals surface area contributed by atoms with E-state index in [2.05, 4.69) is 10.4 Å². The number of amides is 3. The van der Waals surface area contributed by atoms with Gasteiger partial charge in [0.2, 0.25) is 0 Å². The number of ether oxygens (including phenoxy) is 1. The van der Waals surface area contributed by atoms with E-state index >= 15 is 0 Å².